The van der Waals surface area contributed by atoms with Gasteiger partial charge in [0, 0.05) is 26.2 Å². The van der Waals surface area contributed by atoms with Crippen LogP contribution < -0.4 is 5.32 Å². The van der Waals surface area contributed by atoms with Gasteiger partial charge in [0.1, 0.15) is 5.82 Å². The summed E-state index contributed by atoms with van der Waals surface area (Å²) in [7, 11) is 0. The van der Waals surface area contributed by atoms with Gasteiger partial charge in [-0.05, 0) is 33.6 Å². The van der Waals surface area contributed by atoms with E-state index < -0.39 is 0 Å². The molecule has 0 atom stereocenters. The lowest BCUT2D eigenvalue weighted by molar-refractivity contribution is -0.131. The standard InChI is InChI=1S/C12H14BrFN2O/c13-10-2-1-9(7-11(10)14)8-12(17)16-5-3-15-4-6-16/h1-2,7,15H,3-6,8H2. The van der Waals surface area contributed by atoms with Crippen LogP contribution in [0.3, 0.4) is 0 Å². The molecule has 1 N–H and O–H groups in total. The van der Waals surface area contributed by atoms with Crippen molar-refractivity contribution in [2.24, 2.45) is 0 Å². The zero-order chi connectivity index (χ0) is 12.3. The lowest BCUT2D eigenvalue weighted by Crippen LogP contribution is -2.46. The van der Waals surface area contributed by atoms with Crippen LogP contribution in [0.15, 0.2) is 22.7 Å². The second-order valence-corrected chi connectivity index (χ2v) is 4.91. The Balaban J connectivity index is 1.99. The maximum Gasteiger partial charge on any atom is 0.227 e. The van der Waals surface area contributed by atoms with Gasteiger partial charge in [-0.3, -0.25) is 4.79 Å². The van der Waals surface area contributed by atoms with E-state index in [0.29, 0.717) is 10.0 Å². The molecule has 1 saturated heterocycles. The number of nitrogens with one attached hydrogen (secondary N) is 1. The average molecular weight is 301 g/mol. The lowest BCUT2D eigenvalue weighted by atomic mass is 10.1. The summed E-state index contributed by atoms with van der Waals surface area (Å²) in [6.45, 7) is 3.14. The molecule has 1 amide bonds. The van der Waals surface area contributed by atoms with E-state index in [-0.39, 0.29) is 18.1 Å². The van der Waals surface area contributed by atoms with Crippen molar-refractivity contribution in [3.8, 4) is 0 Å². The summed E-state index contributed by atoms with van der Waals surface area (Å²) in [6.07, 6.45) is 0.268. The third kappa shape index (κ3) is 3.26. The van der Waals surface area contributed by atoms with Crippen LogP contribution in [-0.4, -0.2) is 37.0 Å². The van der Waals surface area contributed by atoms with Crippen molar-refractivity contribution in [3.63, 3.8) is 0 Å². The Bertz CT molecular complexity index is 419. The fourth-order valence-electron chi connectivity index (χ4n) is 1.85. The molecule has 3 nitrogen and oxygen atoms in total. The number of halogens is 2. The van der Waals surface area contributed by atoms with Crippen LogP contribution in [-0.2, 0) is 11.2 Å². The summed E-state index contributed by atoms with van der Waals surface area (Å²) in [5.41, 5.74) is 0.717. The third-order valence-corrected chi connectivity index (χ3v) is 3.45. The largest absolute Gasteiger partial charge is 0.340 e. The van der Waals surface area contributed by atoms with E-state index in [1.807, 2.05) is 4.90 Å². The molecule has 17 heavy (non-hydrogen) atoms. The summed E-state index contributed by atoms with van der Waals surface area (Å²) in [5.74, 6) is -0.260. The average Bonchev–Trinajstić information content (AvgIpc) is 2.35. The molecule has 1 aromatic carbocycles. The molecule has 1 aliphatic rings. The molecule has 92 valence electrons. The summed E-state index contributed by atoms with van der Waals surface area (Å²) < 4.78 is 13.7. The number of carbonyl (C=O) groups excluding carboxylic acids is 1. The van der Waals surface area contributed by atoms with Crippen LogP contribution >= 0.6 is 15.9 Å². The molecule has 1 aromatic rings. The molecule has 0 aromatic heterocycles. The van der Waals surface area contributed by atoms with Gasteiger partial charge in [0.2, 0.25) is 5.91 Å². The molecular weight excluding hydrogens is 287 g/mol. The molecule has 0 bridgehead atoms. The van der Waals surface area contributed by atoms with Crippen molar-refractivity contribution < 1.29 is 9.18 Å². The van der Waals surface area contributed by atoms with Crippen LogP contribution in [0.2, 0.25) is 0 Å². The number of nitrogens with zero attached hydrogens (tertiary/aromatic N) is 1. The third-order valence-electron chi connectivity index (χ3n) is 2.81. The van der Waals surface area contributed by atoms with Gasteiger partial charge >= 0.3 is 0 Å². The van der Waals surface area contributed by atoms with Crippen LogP contribution in [0.4, 0.5) is 4.39 Å². The normalized spacial score (nSPS) is 16.0. The molecule has 1 heterocycles. The fraction of sp³-hybridized carbons (Fsp3) is 0.417. The second-order valence-electron chi connectivity index (χ2n) is 4.06. The SMILES string of the molecule is O=C(Cc1ccc(Br)c(F)c1)N1CCNCC1. The summed E-state index contributed by atoms with van der Waals surface area (Å²) >= 11 is 3.09. The predicted octanol–water partition coefficient (Wildman–Crippen LogP) is 1.56. The smallest absolute Gasteiger partial charge is 0.227 e. The zero-order valence-electron chi connectivity index (χ0n) is 9.38. The Morgan fingerprint density at radius 3 is 2.76 bits per heavy atom. The van der Waals surface area contributed by atoms with E-state index in [4.69, 9.17) is 0 Å². The van der Waals surface area contributed by atoms with E-state index in [9.17, 15) is 9.18 Å². The quantitative estimate of drug-likeness (QED) is 0.899. The fourth-order valence-corrected chi connectivity index (χ4v) is 2.10. The van der Waals surface area contributed by atoms with E-state index in [1.54, 1.807) is 12.1 Å². The van der Waals surface area contributed by atoms with Gasteiger partial charge in [-0.15, -0.1) is 0 Å². The summed E-state index contributed by atoms with van der Waals surface area (Å²) in [6, 6.07) is 4.81. The van der Waals surface area contributed by atoms with Gasteiger partial charge in [0.15, 0.2) is 0 Å². The van der Waals surface area contributed by atoms with Crippen molar-refractivity contribution in [2.75, 3.05) is 26.2 Å². The number of hydrogen-bond donors (Lipinski definition) is 1. The van der Waals surface area contributed by atoms with Crippen molar-refractivity contribution in [1.29, 1.82) is 0 Å². The topological polar surface area (TPSA) is 32.3 Å². The van der Waals surface area contributed by atoms with E-state index in [0.717, 1.165) is 26.2 Å². The highest BCUT2D eigenvalue weighted by Gasteiger charge is 2.16. The van der Waals surface area contributed by atoms with Crippen LogP contribution in [0.5, 0.6) is 0 Å². The number of amides is 1. The molecule has 2 rings (SSSR count). The Hall–Kier alpha value is -0.940. The Kier molecular flexibility index (Phi) is 4.12. The Labute approximate surface area is 108 Å². The summed E-state index contributed by atoms with van der Waals surface area (Å²) in [5, 5.41) is 3.19. The number of benzene rings is 1. The monoisotopic (exact) mass is 300 g/mol. The predicted molar refractivity (Wildman–Crippen MR) is 67.3 cm³/mol. The first-order valence-electron chi connectivity index (χ1n) is 5.59. The number of hydrogen-bond acceptors (Lipinski definition) is 2. The molecule has 0 radical (unpaired) electrons. The molecule has 5 heteroatoms. The molecule has 0 unspecified atom stereocenters. The van der Waals surface area contributed by atoms with Gasteiger partial charge in [-0.2, -0.15) is 0 Å². The van der Waals surface area contributed by atoms with Gasteiger partial charge in [0.25, 0.3) is 0 Å². The first kappa shape index (κ1) is 12.5. The summed E-state index contributed by atoms with van der Waals surface area (Å²) in [4.78, 5) is 13.7. The van der Waals surface area contributed by atoms with Crippen LogP contribution in [0.25, 0.3) is 0 Å². The number of piperazine rings is 1. The van der Waals surface area contributed by atoms with Gasteiger partial charge in [0.05, 0.1) is 10.9 Å². The van der Waals surface area contributed by atoms with Gasteiger partial charge in [-0.1, -0.05) is 6.07 Å². The van der Waals surface area contributed by atoms with Crippen molar-refractivity contribution in [3.05, 3.63) is 34.1 Å². The molecular formula is C12H14BrFN2O. The zero-order valence-corrected chi connectivity index (χ0v) is 11.0. The minimum absolute atomic E-state index is 0.0632. The second kappa shape index (κ2) is 5.60. The maximum absolute atomic E-state index is 13.3. The van der Waals surface area contributed by atoms with Gasteiger partial charge < -0.3 is 10.2 Å². The molecule has 0 spiro atoms. The van der Waals surface area contributed by atoms with Crippen molar-refractivity contribution in [1.82, 2.24) is 10.2 Å². The first-order valence-corrected chi connectivity index (χ1v) is 6.38. The highest BCUT2D eigenvalue weighted by atomic mass is 79.9. The van der Waals surface area contributed by atoms with Crippen molar-refractivity contribution >= 4 is 21.8 Å². The van der Waals surface area contributed by atoms with E-state index in [1.165, 1.54) is 6.07 Å². The van der Waals surface area contributed by atoms with E-state index in [2.05, 4.69) is 21.2 Å². The first-order chi connectivity index (χ1) is 8.16. The Morgan fingerprint density at radius 1 is 1.41 bits per heavy atom. The van der Waals surface area contributed by atoms with Crippen LogP contribution in [0, 0.1) is 5.82 Å². The highest BCUT2D eigenvalue weighted by molar-refractivity contribution is 9.10. The van der Waals surface area contributed by atoms with Crippen LogP contribution in [0.1, 0.15) is 5.56 Å². The molecule has 1 fully saturated rings. The number of carbonyl (C=O) groups is 1. The number of rotatable bonds is 2. The molecule has 1 aliphatic heterocycles. The minimum Gasteiger partial charge on any atom is -0.340 e. The van der Waals surface area contributed by atoms with Gasteiger partial charge in [-0.25, -0.2) is 4.39 Å². The maximum atomic E-state index is 13.3. The van der Waals surface area contributed by atoms with Crippen molar-refractivity contribution in [2.45, 2.75) is 6.42 Å². The Morgan fingerprint density at radius 2 is 2.12 bits per heavy atom. The molecule has 0 saturated carbocycles. The minimum atomic E-state index is -0.324. The van der Waals surface area contributed by atoms with E-state index >= 15 is 0 Å². The highest BCUT2D eigenvalue weighted by Crippen LogP contribution is 2.17. The molecule has 0 aliphatic carbocycles. The lowest BCUT2D eigenvalue weighted by Gasteiger charge is -2.27.